The van der Waals surface area contributed by atoms with Crippen LogP contribution in [-0.4, -0.2) is 52.1 Å². The highest BCUT2D eigenvalue weighted by molar-refractivity contribution is 5.85. The number of nitrogens with two attached hydrogens (primary N) is 1. The number of nitrogens with one attached hydrogen (secondary N) is 1. The molecule has 30 heavy (non-hydrogen) atoms. The van der Waals surface area contributed by atoms with Crippen molar-refractivity contribution < 1.29 is 28.8 Å². The second-order valence-electron chi connectivity index (χ2n) is 6.03. The minimum Gasteiger partial charge on any atom is -0.495 e. The standard InChI is InChI=1S/C21H26N2O6.ClH/c1-26-17-8-7-13(9-15(17)23-16(12-24)21(22)25)5-6-14-10-18(27-2)20(29-4)19(11-14)28-3;/h5-11,16,23-24H,12H2,1-4H3,(H2,22,25);1H/b6-5-;/t16-;/m0./s1. The zero-order valence-corrected chi connectivity index (χ0v) is 18.1. The summed E-state index contributed by atoms with van der Waals surface area (Å²) < 4.78 is 21.4. The van der Waals surface area contributed by atoms with Gasteiger partial charge in [-0.05, 0) is 35.4 Å². The number of amides is 1. The van der Waals surface area contributed by atoms with Gasteiger partial charge in [-0.25, -0.2) is 0 Å². The molecule has 1 amide bonds. The summed E-state index contributed by atoms with van der Waals surface area (Å²) in [4.78, 5) is 11.4. The molecule has 2 aromatic carbocycles. The molecule has 1 atom stereocenters. The highest BCUT2D eigenvalue weighted by Gasteiger charge is 2.16. The molecule has 0 saturated carbocycles. The first-order chi connectivity index (χ1) is 14.0. The van der Waals surface area contributed by atoms with Gasteiger partial charge in [0, 0.05) is 0 Å². The number of carbonyl (C=O) groups is 1. The van der Waals surface area contributed by atoms with Crippen LogP contribution in [0.3, 0.4) is 0 Å². The lowest BCUT2D eigenvalue weighted by Crippen LogP contribution is -2.38. The highest BCUT2D eigenvalue weighted by Crippen LogP contribution is 2.38. The normalized spacial score (nSPS) is 11.4. The fourth-order valence-electron chi connectivity index (χ4n) is 2.73. The molecule has 0 radical (unpaired) electrons. The molecule has 0 bridgehead atoms. The van der Waals surface area contributed by atoms with Crippen LogP contribution in [0.1, 0.15) is 11.1 Å². The second-order valence-corrected chi connectivity index (χ2v) is 6.03. The third-order valence-corrected chi connectivity index (χ3v) is 4.23. The lowest BCUT2D eigenvalue weighted by Gasteiger charge is -2.17. The predicted molar refractivity (Wildman–Crippen MR) is 119 cm³/mol. The van der Waals surface area contributed by atoms with Gasteiger partial charge in [0.05, 0.1) is 40.7 Å². The monoisotopic (exact) mass is 438 g/mol. The van der Waals surface area contributed by atoms with Crippen LogP contribution in [-0.2, 0) is 4.79 Å². The van der Waals surface area contributed by atoms with Crippen molar-refractivity contribution in [1.29, 1.82) is 0 Å². The van der Waals surface area contributed by atoms with Crippen molar-refractivity contribution in [2.24, 2.45) is 5.73 Å². The van der Waals surface area contributed by atoms with Crippen molar-refractivity contribution >= 4 is 36.2 Å². The van der Waals surface area contributed by atoms with E-state index in [1.807, 2.05) is 30.4 Å². The zero-order valence-electron chi connectivity index (χ0n) is 17.3. The smallest absolute Gasteiger partial charge is 0.242 e. The second kappa shape index (κ2) is 11.8. The van der Waals surface area contributed by atoms with E-state index in [0.717, 1.165) is 11.1 Å². The van der Waals surface area contributed by atoms with Crippen LogP contribution in [0.4, 0.5) is 5.69 Å². The topological polar surface area (TPSA) is 112 Å². The quantitative estimate of drug-likeness (QED) is 0.488. The molecular formula is C21H27ClN2O6. The SMILES string of the molecule is COc1ccc(/C=C\c2cc(OC)c(OC)c(OC)c2)cc1N[C@@H](CO)C(N)=O.Cl. The van der Waals surface area contributed by atoms with Crippen LogP contribution >= 0.6 is 12.4 Å². The summed E-state index contributed by atoms with van der Waals surface area (Å²) in [5, 5.41) is 12.2. The molecule has 0 saturated heterocycles. The van der Waals surface area contributed by atoms with Crippen LogP contribution in [0, 0.1) is 0 Å². The summed E-state index contributed by atoms with van der Waals surface area (Å²) >= 11 is 0. The number of aliphatic hydroxyl groups excluding tert-OH is 1. The van der Waals surface area contributed by atoms with Crippen molar-refractivity contribution in [3.05, 3.63) is 41.5 Å². The Morgan fingerprint density at radius 3 is 2.00 bits per heavy atom. The molecule has 0 aliphatic heterocycles. The van der Waals surface area contributed by atoms with Crippen molar-refractivity contribution in [3.8, 4) is 23.0 Å². The number of hydrogen-bond donors (Lipinski definition) is 3. The largest absolute Gasteiger partial charge is 0.495 e. The van der Waals surface area contributed by atoms with E-state index < -0.39 is 18.6 Å². The number of halogens is 1. The molecule has 2 rings (SSSR count). The summed E-state index contributed by atoms with van der Waals surface area (Å²) in [7, 11) is 6.18. The van der Waals surface area contributed by atoms with Crippen molar-refractivity contribution in [2.75, 3.05) is 40.4 Å². The number of rotatable bonds is 10. The Labute approximate surface area is 182 Å². The van der Waals surface area contributed by atoms with Crippen LogP contribution in [0.25, 0.3) is 12.2 Å². The molecule has 0 unspecified atom stereocenters. The number of methoxy groups -OCH3 is 4. The average Bonchev–Trinajstić information content (AvgIpc) is 2.74. The summed E-state index contributed by atoms with van der Waals surface area (Å²) in [5.41, 5.74) is 7.51. The van der Waals surface area contributed by atoms with Crippen molar-refractivity contribution in [3.63, 3.8) is 0 Å². The van der Waals surface area contributed by atoms with Gasteiger partial charge in [-0.15, -0.1) is 12.4 Å². The molecule has 0 fully saturated rings. The molecule has 4 N–H and O–H groups in total. The number of benzene rings is 2. The van der Waals surface area contributed by atoms with Gasteiger partial charge < -0.3 is 35.1 Å². The van der Waals surface area contributed by atoms with Crippen molar-refractivity contribution in [2.45, 2.75) is 6.04 Å². The first-order valence-corrected chi connectivity index (χ1v) is 8.80. The maximum absolute atomic E-state index is 11.4. The fraction of sp³-hybridized carbons (Fsp3) is 0.286. The third-order valence-electron chi connectivity index (χ3n) is 4.23. The number of carbonyl (C=O) groups excluding carboxylic acids is 1. The predicted octanol–water partition coefficient (Wildman–Crippen LogP) is 2.57. The molecule has 2 aromatic rings. The molecular weight excluding hydrogens is 412 g/mol. The molecule has 0 aliphatic rings. The Morgan fingerprint density at radius 1 is 0.967 bits per heavy atom. The van der Waals surface area contributed by atoms with Crippen LogP contribution in [0.5, 0.6) is 23.0 Å². The summed E-state index contributed by atoms with van der Waals surface area (Å²) in [5.74, 6) is 1.49. The van der Waals surface area contributed by atoms with Gasteiger partial charge in [0.15, 0.2) is 11.5 Å². The number of ether oxygens (including phenoxy) is 4. The summed E-state index contributed by atoms with van der Waals surface area (Å²) in [6.07, 6.45) is 3.76. The van der Waals surface area contributed by atoms with Gasteiger partial charge >= 0.3 is 0 Å². The summed E-state index contributed by atoms with van der Waals surface area (Å²) in [6.45, 7) is -0.427. The zero-order chi connectivity index (χ0) is 21.4. The van der Waals surface area contributed by atoms with Crippen molar-refractivity contribution in [1.82, 2.24) is 0 Å². The first kappa shape index (κ1) is 24.9. The molecule has 0 spiro atoms. The molecule has 0 aromatic heterocycles. The van der Waals surface area contributed by atoms with E-state index in [0.29, 0.717) is 28.7 Å². The molecule has 0 aliphatic carbocycles. The number of hydrogen-bond acceptors (Lipinski definition) is 7. The Morgan fingerprint density at radius 2 is 1.53 bits per heavy atom. The van der Waals surface area contributed by atoms with E-state index >= 15 is 0 Å². The van der Waals surface area contributed by atoms with Gasteiger partial charge in [0.2, 0.25) is 11.7 Å². The van der Waals surface area contributed by atoms with Gasteiger partial charge in [-0.3, -0.25) is 4.79 Å². The maximum Gasteiger partial charge on any atom is 0.242 e. The van der Waals surface area contributed by atoms with Gasteiger partial charge in [0.25, 0.3) is 0 Å². The van der Waals surface area contributed by atoms with Gasteiger partial charge in [-0.2, -0.15) is 0 Å². The highest BCUT2D eigenvalue weighted by atomic mass is 35.5. The van der Waals surface area contributed by atoms with E-state index in [-0.39, 0.29) is 12.4 Å². The molecule has 9 heteroatoms. The van der Waals surface area contributed by atoms with E-state index in [1.54, 1.807) is 33.5 Å². The average molecular weight is 439 g/mol. The fourth-order valence-corrected chi connectivity index (χ4v) is 2.73. The lowest BCUT2D eigenvalue weighted by molar-refractivity contribution is -0.119. The first-order valence-electron chi connectivity index (χ1n) is 8.80. The minimum absolute atomic E-state index is 0. The van der Waals surface area contributed by atoms with E-state index in [9.17, 15) is 9.90 Å². The molecule has 164 valence electrons. The number of aliphatic hydroxyl groups is 1. The van der Waals surface area contributed by atoms with E-state index in [2.05, 4.69) is 5.32 Å². The maximum atomic E-state index is 11.4. The van der Waals surface area contributed by atoms with E-state index in [4.69, 9.17) is 24.7 Å². The Hall–Kier alpha value is -3.10. The summed E-state index contributed by atoms with van der Waals surface area (Å²) in [6, 6.07) is 8.14. The Bertz CT molecular complexity index is 863. The number of anilines is 1. The van der Waals surface area contributed by atoms with Crippen LogP contribution < -0.4 is 30.0 Å². The van der Waals surface area contributed by atoms with Crippen LogP contribution in [0.2, 0.25) is 0 Å². The Kier molecular flexibility index (Phi) is 9.80. The number of primary amides is 1. The van der Waals surface area contributed by atoms with E-state index in [1.165, 1.54) is 7.11 Å². The third kappa shape index (κ3) is 5.95. The minimum atomic E-state index is -0.918. The Balaban J connectivity index is 0.00000450. The molecule has 0 heterocycles. The van der Waals surface area contributed by atoms with Gasteiger partial charge in [0.1, 0.15) is 11.8 Å². The lowest BCUT2D eigenvalue weighted by atomic mass is 10.1. The van der Waals surface area contributed by atoms with Crippen LogP contribution in [0.15, 0.2) is 30.3 Å². The molecule has 8 nitrogen and oxygen atoms in total. The van der Waals surface area contributed by atoms with Gasteiger partial charge in [-0.1, -0.05) is 18.2 Å².